The lowest BCUT2D eigenvalue weighted by Crippen LogP contribution is -2.20. The van der Waals surface area contributed by atoms with Gasteiger partial charge in [-0.15, -0.1) is 0 Å². The minimum Gasteiger partial charge on any atom is -0.394 e. The molecule has 0 spiro atoms. The van der Waals surface area contributed by atoms with Gasteiger partial charge in [0, 0.05) is 37.4 Å². The summed E-state index contributed by atoms with van der Waals surface area (Å²) in [7, 11) is 1.96. The van der Waals surface area contributed by atoms with Gasteiger partial charge in [-0.05, 0) is 13.0 Å². The van der Waals surface area contributed by atoms with Crippen molar-refractivity contribution in [2.45, 2.75) is 39.2 Å². The number of hydrogen-bond donors (Lipinski definition) is 2. The maximum atomic E-state index is 8.58. The van der Waals surface area contributed by atoms with E-state index in [2.05, 4.69) is 37.4 Å². The van der Waals surface area contributed by atoms with Crippen molar-refractivity contribution in [3.05, 3.63) is 17.5 Å². The molecular weight excluding hydrogens is 242 g/mol. The molecule has 0 amide bonds. The minimum absolute atomic E-state index is 0.0719. The number of nitrogens with one attached hydrogen (secondary N) is 1. The van der Waals surface area contributed by atoms with Crippen molar-refractivity contribution in [2.75, 3.05) is 26.4 Å². The molecule has 5 heteroatoms. The zero-order valence-corrected chi connectivity index (χ0v) is 12.6. The number of aliphatic hydroxyl groups excluding tert-OH is 1. The molecule has 0 bridgehead atoms. The molecule has 1 aromatic heterocycles. The fourth-order valence-corrected chi connectivity index (χ4v) is 1.99. The number of nitrogens with zero attached hydrogens (tertiary/aromatic N) is 2. The van der Waals surface area contributed by atoms with Crippen molar-refractivity contribution in [1.29, 1.82) is 0 Å². The summed E-state index contributed by atoms with van der Waals surface area (Å²) in [6, 6.07) is 0. The summed E-state index contributed by atoms with van der Waals surface area (Å²) in [5.74, 6) is 0. The second-order valence-electron chi connectivity index (χ2n) is 5.79. The fourth-order valence-electron chi connectivity index (χ4n) is 1.99. The lowest BCUT2D eigenvalue weighted by molar-refractivity contribution is 0.0907. The Morgan fingerprint density at radius 3 is 2.74 bits per heavy atom. The van der Waals surface area contributed by atoms with Gasteiger partial charge in [0.25, 0.3) is 0 Å². The van der Waals surface area contributed by atoms with Crippen molar-refractivity contribution in [3.8, 4) is 0 Å². The van der Waals surface area contributed by atoms with Crippen LogP contribution in [0.15, 0.2) is 6.20 Å². The van der Waals surface area contributed by atoms with Gasteiger partial charge in [0.05, 0.1) is 18.9 Å². The van der Waals surface area contributed by atoms with E-state index in [0.29, 0.717) is 13.2 Å². The first-order valence-electron chi connectivity index (χ1n) is 6.87. The van der Waals surface area contributed by atoms with Crippen LogP contribution >= 0.6 is 0 Å². The van der Waals surface area contributed by atoms with E-state index >= 15 is 0 Å². The third-order valence-corrected chi connectivity index (χ3v) is 2.81. The summed E-state index contributed by atoms with van der Waals surface area (Å²) in [4.78, 5) is 0. The highest BCUT2D eigenvalue weighted by Crippen LogP contribution is 2.23. The Bertz CT molecular complexity index is 369. The molecule has 0 aliphatic heterocycles. The normalized spacial score (nSPS) is 12.1. The standard InChI is InChI=1S/C14H27N3O2/c1-14(2,3)13-12(11-17(4)16-13)10-15-6-5-8-19-9-7-18/h11,15,18H,5-10H2,1-4H3. The maximum Gasteiger partial charge on any atom is 0.0722 e. The molecule has 2 N–H and O–H groups in total. The zero-order chi connectivity index (χ0) is 14.3. The zero-order valence-electron chi connectivity index (χ0n) is 12.6. The largest absolute Gasteiger partial charge is 0.394 e. The van der Waals surface area contributed by atoms with Crippen LogP contribution in [-0.2, 0) is 23.7 Å². The quantitative estimate of drug-likeness (QED) is 0.696. The first kappa shape index (κ1) is 16.1. The molecule has 0 aromatic carbocycles. The van der Waals surface area contributed by atoms with Crippen LogP contribution in [0.25, 0.3) is 0 Å². The monoisotopic (exact) mass is 269 g/mol. The summed E-state index contributed by atoms with van der Waals surface area (Å²) < 4.78 is 7.09. The highest BCUT2D eigenvalue weighted by molar-refractivity contribution is 5.23. The molecule has 0 aliphatic rings. The summed E-state index contributed by atoms with van der Waals surface area (Å²) in [6.07, 6.45) is 3.03. The average molecular weight is 269 g/mol. The summed E-state index contributed by atoms with van der Waals surface area (Å²) in [6.45, 7) is 9.50. The second-order valence-corrected chi connectivity index (χ2v) is 5.79. The predicted octanol–water partition coefficient (Wildman–Crippen LogP) is 1.21. The van der Waals surface area contributed by atoms with E-state index in [0.717, 1.165) is 25.2 Å². The molecule has 0 saturated carbocycles. The summed E-state index contributed by atoms with van der Waals surface area (Å²) in [5.41, 5.74) is 2.48. The average Bonchev–Trinajstić information content (AvgIpc) is 2.69. The van der Waals surface area contributed by atoms with E-state index in [-0.39, 0.29) is 12.0 Å². The Morgan fingerprint density at radius 1 is 1.37 bits per heavy atom. The number of aromatic nitrogens is 2. The van der Waals surface area contributed by atoms with E-state index < -0.39 is 0 Å². The lowest BCUT2D eigenvalue weighted by Gasteiger charge is -2.17. The molecule has 5 nitrogen and oxygen atoms in total. The van der Waals surface area contributed by atoms with Gasteiger partial charge >= 0.3 is 0 Å². The first-order valence-corrected chi connectivity index (χ1v) is 6.87. The molecule has 1 aromatic rings. The maximum absolute atomic E-state index is 8.58. The van der Waals surface area contributed by atoms with Gasteiger partial charge in [0.15, 0.2) is 0 Å². The van der Waals surface area contributed by atoms with Crippen LogP contribution in [0.5, 0.6) is 0 Å². The van der Waals surface area contributed by atoms with Gasteiger partial charge in [-0.25, -0.2) is 0 Å². The van der Waals surface area contributed by atoms with Crippen LogP contribution in [0.1, 0.15) is 38.4 Å². The Morgan fingerprint density at radius 2 is 2.11 bits per heavy atom. The predicted molar refractivity (Wildman–Crippen MR) is 76.1 cm³/mol. The number of aryl methyl sites for hydroxylation is 1. The van der Waals surface area contributed by atoms with E-state index in [9.17, 15) is 0 Å². The molecule has 0 radical (unpaired) electrons. The smallest absolute Gasteiger partial charge is 0.0722 e. The molecule has 0 saturated heterocycles. The van der Waals surface area contributed by atoms with Gasteiger partial charge in [0.1, 0.15) is 0 Å². The van der Waals surface area contributed by atoms with Crippen molar-refractivity contribution in [1.82, 2.24) is 15.1 Å². The van der Waals surface area contributed by atoms with Crippen LogP contribution < -0.4 is 5.32 Å². The summed E-state index contributed by atoms with van der Waals surface area (Å²) >= 11 is 0. The van der Waals surface area contributed by atoms with Crippen LogP contribution in [-0.4, -0.2) is 41.3 Å². The van der Waals surface area contributed by atoms with Gasteiger partial charge < -0.3 is 15.2 Å². The molecule has 0 aliphatic carbocycles. The van der Waals surface area contributed by atoms with E-state index in [4.69, 9.17) is 9.84 Å². The summed E-state index contributed by atoms with van der Waals surface area (Å²) in [5, 5.41) is 16.5. The Balaban J connectivity index is 2.33. The van der Waals surface area contributed by atoms with E-state index in [1.54, 1.807) is 0 Å². The van der Waals surface area contributed by atoms with Crippen molar-refractivity contribution in [3.63, 3.8) is 0 Å². The van der Waals surface area contributed by atoms with Crippen LogP contribution in [0.4, 0.5) is 0 Å². The highest BCUT2D eigenvalue weighted by atomic mass is 16.5. The number of ether oxygens (including phenoxy) is 1. The molecule has 0 fully saturated rings. The molecule has 19 heavy (non-hydrogen) atoms. The van der Waals surface area contributed by atoms with Crippen LogP contribution in [0.3, 0.4) is 0 Å². The number of aliphatic hydroxyl groups is 1. The van der Waals surface area contributed by atoms with E-state index in [1.807, 2.05) is 11.7 Å². The second kappa shape index (κ2) is 7.62. The molecule has 1 rings (SSSR count). The third kappa shape index (κ3) is 5.72. The molecular formula is C14H27N3O2. The van der Waals surface area contributed by atoms with Crippen molar-refractivity contribution < 1.29 is 9.84 Å². The third-order valence-electron chi connectivity index (χ3n) is 2.81. The topological polar surface area (TPSA) is 59.3 Å². The SMILES string of the molecule is Cn1cc(CNCCCOCCO)c(C(C)(C)C)n1. The molecule has 110 valence electrons. The Kier molecular flexibility index (Phi) is 6.48. The lowest BCUT2D eigenvalue weighted by atomic mass is 9.89. The van der Waals surface area contributed by atoms with Gasteiger partial charge in [-0.3, -0.25) is 4.68 Å². The van der Waals surface area contributed by atoms with Crippen LogP contribution in [0, 0.1) is 0 Å². The fraction of sp³-hybridized carbons (Fsp3) is 0.786. The van der Waals surface area contributed by atoms with Gasteiger partial charge in [-0.2, -0.15) is 5.10 Å². The minimum atomic E-state index is 0.0719. The van der Waals surface area contributed by atoms with Crippen LogP contribution in [0.2, 0.25) is 0 Å². The Hall–Kier alpha value is -0.910. The number of hydrogen-bond acceptors (Lipinski definition) is 4. The highest BCUT2D eigenvalue weighted by Gasteiger charge is 2.21. The van der Waals surface area contributed by atoms with E-state index in [1.165, 1.54) is 5.56 Å². The van der Waals surface area contributed by atoms with Gasteiger partial charge in [-0.1, -0.05) is 20.8 Å². The van der Waals surface area contributed by atoms with Crippen molar-refractivity contribution in [2.24, 2.45) is 7.05 Å². The molecule has 0 atom stereocenters. The molecule has 0 unspecified atom stereocenters. The van der Waals surface area contributed by atoms with Gasteiger partial charge in [0.2, 0.25) is 0 Å². The van der Waals surface area contributed by atoms with Crippen molar-refractivity contribution >= 4 is 0 Å². The first-order chi connectivity index (χ1) is 8.95. The Labute approximate surface area is 116 Å². The number of rotatable bonds is 8. The molecule has 1 heterocycles.